The fourth-order valence-corrected chi connectivity index (χ4v) is 4.60. The van der Waals surface area contributed by atoms with Crippen LogP contribution in [0.25, 0.3) is 11.3 Å². The van der Waals surface area contributed by atoms with Crippen molar-refractivity contribution in [3.63, 3.8) is 0 Å². The summed E-state index contributed by atoms with van der Waals surface area (Å²) in [5, 5.41) is 8.48. The van der Waals surface area contributed by atoms with Crippen molar-refractivity contribution >= 4 is 5.95 Å². The Hall–Kier alpha value is -2.78. The predicted molar refractivity (Wildman–Crippen MR) is 120 cm³/mol. The maximum Gasteiger partial charge on any atom is 0.225 e. The lowest BCUT2D eigenvalue weighted by molar-refractivity contribution is 0.122. The fraction of sp³-hybridized carbons (Fsp3) is 0.565. The van der Waals surface area contributed by atoms with Crippen molar-refractivity contribution < 1.29 is 9.26 Å². The number of ether oxygens (including phenoxy) is 1. The van der Waals surface area contributed by atoms with Crippen LogP contribution in [-0.2, 0) is 18.3 Å². The van der Waals surface area contributed by atoms with Crippen LogP contribution in [0.2, 0.25) is 0 Å². The number of aromatic nitrogens is 5. The van der Waals surface area contributed by atoms with Crippen LogP contribution in [0.4, 0.5) is 5.95 Å². The molecule has 0 N–H and O–H groups in total. The quantitative estimate of drug-likeness (QED) is 0.602. The summed E-state index contributed by atoms with van der Waals surface area (Å²) in [5.41, 5.74) is 5.45. The van der Waals surface area contributed by atoms with Gasteiger partial charge in [0.2, 0.25) is 5.95 Å². The van der Waals surface area contributed by atoms with E-state index in [-0.39, 0.29) is 0 Å². The average molecular weight is 438 g/mol. The summed E-state index contributed by atoms with van der Waals surface area (Å²) in [6.07, 6.45) is 6.02. The van der Waals surface area contributed by atoms with E-state index >= 15 is 0 Å². The zero-order chi connectivity index (χ0) is 22.1. The van der Waals surface area contributed by atoms with Crippen molar-refractivity contribution in [1.82, 2.24) is 29.8 Å². The molecule has 3 aromatic heterocycles. The van der Waals surface area contributed by atoms with E-state index in [2.05, 4.69) is 32.0 Å². The van der Waals surface area contributed by atoms with E-state index in [0.29, 0.717) is 19.1 Å². The number of hydrogen-bond donors (Lipinski definition) is 0. The van der Waals surface area contributed by atoms with Gasteiger partial charge in [0.1, 0.15) is 0 Å². The Morgan fingerprint density at radius 1 is 1.06 bits per heavy atom. The third-order valence-electron chi connectivity index (χ3n) is 6.70. The minimum Gasteiger partial charge on any atom is -0.378 e. The first kappa shape index (κ1) is 21.1. The van der Waals surface area contributed by atoms with Crippen LogP contribution in [0.3, 0.4) is 0 Å². The number of nitrogens with zero attached hydrogens (tertiary/aromatic N) is 7. The minimum absolute atomic E-state index is 0.365. The summed E-state index contributed by atoms with van der Waals surface area (Å²) < 4.78 is 13.0. The first-order valence-corrected chi connectivity index (χ1v) is 11.4. The number of morpholine rings is 1. The van der Waals surface area contributed by atoms with E-state index in [4.69, 9.17) is 14.2 Å². The smallest absolute Gasteiger partial charge is 0.225 e. The molecular formula is C23H31N7O2. The Labute approximate surface area is 188 Å². The number of piperidine rings is 1. The Kier molecular flexibility index (Phi) is 5.93. The van der Waals surface area contributed by atoms with Gasteiger partial charge in [0.25, 0.3) is 0 Å². The Morgan fingerprint density at radius 3 is 2.50 bits per heavy atom. The Morgan fingerprint density at radius 2 is 1.84 bits per heavy atom. The van der Waals surface area contributed by atoms with Gasteiger partial charge in [0.05, 0.1) is 36.4 Å². The lowest BCUT2D eigenvalue weighted by atomic mass is 9.90. The molecule has 2 aliphatic heterocycles. The third-order valence-corrected chi connectivity index (χ3v) is 6.70. The van der Waals surface area contributed by atoms with Crippen molar-refractivity contribution in [2.45, 2.75) is 39.2 Å². The summed E-state index contributed by atoms with van der Waals surface area (Å²) in [7, 11) is 2.00. The Balaban J connectivity index is 1.36. The number of rotatable bonds is 5. The van der Waals surface area contributed by atoms with E-state index in [9.17, 15) is 0 Å². The SMILES string of the molecule is Cc1cc(-c2cnc(N3CCOCC3)nc2C2CCN(Cc3cnn(C)c3C)CC2)on1. The van der Waals surface area contributed by atoms with Gasteiger partial charge in [-0.3, -0.25) is 9.58 Å². The van der Waals surface area contributed by atoms with E-state index in [1.165, 1.54) is 11.3 Å². The molecule has 0 amide bonds. The van der Waals surface area contributed by atoms with Gasteiger partial charge in [0.15, 0.2) is 5.76 Å². The minimum atomic E-state index is 0.365. The van der Waals surface area contributed by atoms with Crippen molar-refractivity contribution in [1.29, 1.82) is 0 Å². The van der Waals surface area contributed by atoms with Gasteiger partial charge in [-0.2, -0.15) is 5.10 Å². The molecule has 2 fully saturated rings. The molecule has 0 radical (unpaired) electrons. The molecule has 0 unspecified atom stereocenters. The highest BCUT2D eigenvalue weighted by molar-refractivity contribution is 5.61. The van der Waals surface area contributed by atoms with Gasteiger partial charge in [-0.15, -0.1) is 0 Å². The highest BCUT2D eigenvalue weighted by Gasteiger charge is 2.28. The second kappa shape index (κ2) is 8.99. The Bertz CT molecular complexity index is 1060. The van der Waals surface area contributed by atoms with Crippen LogP contribution >= 0.6 is 0 Å². The lowest BCUT2D eigenvalue weighted by Gasteiger charge is -2.33. The summed E-state index contributed by atoms with van der Waals surface area (Å²) in [5.74, 6) is 1.90. The standard InChI is InChI=1S/C23H31N7O2/c1-16-12-21(32-27-16)20-14-24-23(30-8-10-31-11-9-30)26-22(20)18-4-6-29(7-5-18)15-19-13-25-28(3)17(19)2/h12-14,18H,4-11,15H2,1-3H3. The molecule has 3 aromatic rings. The largest absolute Gasteiger partial charge is 0.378 e. The van der Waals surface area contributed by atoms with Crippen LogP contribution in [-0.4, -0.2) is 69.2 Å². The molecule has 0 atom stereocenters. The summed E-state index contributed by atoms with van der Waals surface area (Å²) in [6, 6.07) is 1.97. The molecule has 0 saturated carbocycles. The van der Waals surface area contributed by atoms with Crippen LogP contribution < -0.4 is 4.90 Å². The number of likely N-dealkylation sites (tertiary alicyclic amines) is 1. The van der Waals surface area contributed by atoms with Gasteiger partial charge in [-0.1, -0.05) is 5.16 Å². The molecule has 5 rings (SSSR count). The number of anilines is 1. The second-order valence-electron chi connectivity index (χ2n) is 8.83. The van der Waals surface area contributed by atoms with Crippen molar-refractivity contribution in [2.24, 2.45) is 7.05 Å². The first-order valence-electron chi connectivity index (χ1n) is 11.4. The molecule has 0 spiro atoms. The molecule has 0 bridgehead atoms. The predicted octanol–water partition coefficient (Wildman–Crippen LogP) is 2.70. The monoisotopic (exact) mass is 437 g/mol. The van der Waals surface area contributed by atoms with Gasteiger partial charge < -0.3 is 14.2 Å². The molecule has 0 aromatic carbocycles. The van der Waals surface area contributed by atoms with E-state index < -0.39 is 0 Å². The van der Waals surface area contributed by atoms with Crippen LogP contribution in [0.15, 0.2) is 23.0 Å². The molecule has 2 aliphatic rings. The highest BCUT2D eigenvalue weighted by Crippen LogP contribution is 2.35. The molecule has 2 saturated heterocycles. The molecule has 9 nitrogen and oxygen atoms in total. The topological polar surface area (TPSA) is 85.3 Å². The van der Waals surface area contributed by atoms with Gasteiger partial charge in [-0.25, -0.2) is 9.97 Å². The van der Waals surface area contributed by atoms with Gasteiger partial charge in [0, 0.05) is 56.1 Å². The average Bonchev–Trinajstić information content (AvgIpc) is 3.40. The van der Waals surface area contributed by atoms with E-state index in [1.807, 2.05) is 37.1 Å². The molecule has 5 heterocycles. The maximum absolute atomic E-state index is 5.60. The van der Waals surface area contributed by atoms with E-state index in [1.54, 1.807) is 0 Å². The molecule has 9 heteroatoms. The summed E-state index contributed by atoms with van der Waals surface area (Å²) in [6.45, 7) is 10.2. The summed E-state index contributed by atoms with van der Waals surface area (Å²) >= 11 is 0. The zero-order valence-electron chi connectivity index (χ0n) is 19.1. The molecule has 170 valence electrons. The molecule has 0 aliphatic carbocycles. The van der Waals surface area contributed by atoms with Crippen molar-refractivity contribution in [3.8, 4) is 11.3 Å². The summed E-state index contributed by atoms with van der Waals surface area (Å²) in [4.78, 5) is 14.5. The zero-order valence-corrected chi connectivity index (χ0v) is 19.1. The third kappa shape index (κ3) is 4.27. The molecule has 32 heavy (non-hydrogen) atoms. The maximum atomic E-state index is 5.60. The van der Waals surface area contributed by atoms with Crippen molar-refractivity contribution in [2.75, 3.05) is 44.3 Å². The van der Waals surface area contributed by atoms with Crippen LogP contribution in [0.5, 0.6) is 0 Å². The normalized spacial score (nSPS) is 18.4. The second-order valence-corrected chi connectivity index (χ2v) is 8.83. The number of hydrogen-bond acceptors (Lipinski definition) is 8. The number of aryl methyl sites for hydroxylation is 2. The van der Waals surface area contributed by atoms with Crippen LogP contribution in [0, 0.1) is 13.8 Å². The fourth-order valence-electron chi connectivity index (χ4n) is 4.60. The molecular weight excluding hydrogens is 406 g/mol. The highest BCUT2D eigenvalue weighted by atomic mass is 16.5. The van der Waals surface area contributed by atoms with Crippen molar-refractivity contribution in [3.05, 3.63) is 41.1 Å². The first-order chi connectivity index (χ1) is 15.6. The van der Waals surface area contributed by atoms with Crippen LogP contribution in [0.1, 0.15) is 41.4 Å². The van der Waals surface area contributed by atoms with Gasteiger partial charge in [-0.05, 0) is 39.8 Å². The van der Waals surface area contributed by atoms with Gasteiger partial charge >= 0.3 is 0 Å². The lowest BCUT2D eigenvalue weighted by Crippen LogP contribution is -2.38. The van der Waals surface area contributed by atoms with E-state index in [0.717, 1.165) is 74.2 Å².